The molecule has 0 aromatic carbocycles. The van der Waals surface area contributed by atoms with Gasteiger partial charge in [0, 0.05) is 85.5 Å². The van der Waals surface area contributed by atoms with Gasteiger partial charge in [0.15, 0.2) is 0 Å². The van der Waals surface area contributed by atoms with Gasteiger partial charge in [0.1, 0.15) is 22.8 Å². The Morgan fingerprint density at radius 3 is 1.38 bits per heavy atom. The van der Waals surface area contributed by atoms with Crippen LogP contribution >= 0.6 is 27.3 Å². The highest BCUT2D eigenvalue weighted by Crippen LogP contribution is 2.24. The molecule has 0 saturated heterocycles. The number of carbonyl (C=O) groups is 7. The molecule has 0 fully saturated rings. The molecule has 7 amide bonds. The molecule has 7 N–H and O–H groups in total. The normalized spacial score (nSPS) is 11.0. The van der Waals surface area contributed by atoms with Crippen LogP contribution in [0.5, 0.6) is 0 Å². The monoisotopic (exact) mass is 920 g/mol. The van der Waals surface area contributed by atoms with Crippen molar-refractivity contribution < 1.29 is 33.6 Å². The maximum Gasteiger partial charge on any atom is 0.272 e. The highest BCUT2D eigenvalue weighted by Gasteiger charge is 2.20. The van der Waals surface area contributed by atoms with Gasteiger partial charge >= 0.3 is 0 Å². The number of thiophene rings is 1. The number of aromatic nitrogens is 4. The van der Waals surface area contributed by atoms with Crippen LogP contribution in [0.25, 0.3) is 0 Å². The van der Waals surface area contributed by atoms with Crippen LogP contribution < -0.4 is 37.2 Å². The molecule has 5 heterocycles. The zero-order chi connectivity index (χ0) is 44.4. The van der Waals surface area contributed by atoms with E-state index >= 15 is 0 Å². The molecule has 0 saturated carbocycles. The van der Waals surface area contributed by atoms with Gasteiger partial charge in [0.05, 0.1) is 31.4 Å². The van der Waals surface area contributed by atoms with Gasteiger partial charge < -0.3 is 60.4 Å². The number of anilines is 4. The predicted octanol–water partition coefficient (Wildman–Crippen LogP) is 3.57. The third-order valence-corrected chi connectivity index (χ3v) is 10.8. The first-order valence-corrected chi connectivity index (χ1v) is 20.7. The molecule has 0 aliphatic rings. The van der Waals surface area contributed by atoms with Crippen LogP contribution in [-0.2, 0) is 37.8 Å². The van der Waals surface area contributed by atoms with E-state index in [9.17, 15) is 33.6 Å². The van der Waals surface area contributed by atoms with Crippen molar-refractivity contribution in [3.8, 4) is 0 Å². The molecule has 0 atom stereocenters. The molecule has 21 heteroatoms. The number of aryl methyl sites for hydroxylation is 4. The number of carbonyl (C=O) groups excluding carboxylic acids is 7. The van der Waals surface area contributed by atoms with E-state index < -0.39 is 29.5 Å². The van der Waals surface area contributed by atoms with E-state index in [4.69, 9.17) is 0 Å². The smallest absolute Gasteiger partial charge is 0.272 e. The lowest BCUT2D eigenvalue weighted by Gasteiger charge is -2.10. The summed E-state index contributed by atoms with van der Waals surface area (Å²) in [6, 6.07) is 9.56. The first-order valence-electron chi connectivity index (χ1n) is 19.1. The first kappa shape index (κ1) is 45.6. The SMILES string of the molecule is CN(C)CCCNC(=O)CCNC(=O)c1cc(NC(=O)c2cc(NC(=O)CCNC(=O)c3cc(NC(=O)c4cc(NC(=O)c5ccc(Br)s5)cn4C)cn3C)cn2C)cn1C. The zero-order valence-electron chi connectivity index (χ0n) is 34.6. The summed E-state index contributed by atoms with van der Waals surface area (Å²) in [5.41, 5.74) is 2.61. The van der Waals surface area contributed by atoms with E-state index in [0.717, 1.165) is 16.8 Å². The molecule has 0 aliphatic heterocycles. The lowest BCUT2D eigenvalue weighted by molar-refractivity contribution is -0.121. The summed E-state index contributed by atoms with van der Waals surface area (Å²) in [5.74, 6) is -2.64. The molecule has 324 valence electrons. The maximum atomic E-state index is 13.2. The quantitative estimate of drug-likeness (QED) is 0.0605. The molecule has 5 rings (SSSR count). The molecule has 0 unspecified atom stereocenters. The van der Waals surface area contributed by atoms with Crippen LogP contribution in [0.2, 0.25) is 0 Å². The second kappa shape index (κ2) is 20.7. The van der Waals surface area contributed by atoms with Crippen molar-refractivity contribution in [2.45, 2.75) is 19.3 Å². The third-order valence-electron chi connectivity index (χ3n) is 9.18. The van der Waals surface area contributed by atoms with E-state index in [1.807, 2.05) is 19.0 Å². The largest absolute Gasteiger partial charge is 0.356 e. The van der Waals surface area contributed by atoms with Gasteiger partial charge in [0.25, 0.3) is 29.5 Å². The molecule has 5 aromatic rings. The summed E-state index contributed by atoms with van der Waals surface area (Å²) in [6.07, 6.45) is 7.26. The lowest BCUT2D eigenvalue weighted by Crippen LogP contribution is -2.32. The minimum absolute atomic E-state index is 0.00611. The number of hydrogen-bond acceptors (Lipinski definition) is 9. The van der Waals surface area contributed by atoms with Crippen molar-refractivity contribution in [3.05, 3.63) is 92.6 Å². The average molecular weight is 922 g/mol. The molecule has 5 aromatic heterocycles. The van der Waals surface area contributed by atoms with Crippen molar-refractivity contribution in [2.75, 3.05) is 61.5 Å². The van der Waals surface area contributed by atoms with E-state index in [1.54, 1.807) is 89.4 Å². The van der Waals surface area contributed by atoms with Gasteiger partial charge in [-0.2, -0.15) is 0 Å². The predicted molar refractivity (Wildman–Crippen MR) is 236 cm³/mol. The summed E-state index contributed by atoms with van der Waals surface area (Å²) < 4.78 is 7.05. The minimum Gasteiger partial charge on any atom is -0.356 e. The molecule has 0 spiro atoms. The van der Waals surface area contributed by atoms with Gasteiger partial charge in [0.2, 0.25) is 11.8 Å². The molecule has 0 radical (unpaired) electrons. The van der Waals surface area contributed by atoms with E-state index in [0.29, 0.717) is 34.2 Å². The third kappa shape index (κ3) is 12.8. The molecule has 61 heavy (non-hydrogen) atoms. The summed E-state index contributed by atoms with van der Waals surface area (Å²) in [6.45, 7) is 1.58. The summed E-state index contributed by atoms with van der Waals surface area (Å²) in [7, 11) is 10.6. The second-order valence-corrected chi connectivity index (χ2v) is 16.9. The van der Waals surface area contributed by atoms with Crippen molar-refractivity contribution in [2.24, 2.45) is 28.2 Å². The van der Waals surface area contributed by atoms with E-state index in [-0.39, 0.29) is 60.5 Å². The highest BCUT2D eigenvalue weighted by atomic mass is 79.9. The first-order chi connectivity index (χ1) is 29.0. The summed E-state index contributed by atoms with van der Waals surface area (Å²) >= 11 is 4.63. The van der Waals surface area contributed by atoms with Gasteiger partial charge in [-0.3, -0.25) is 33.6 Å². The Morgan fingerprint density at radius 1 is 0.541 bits per heavy atom. The van der Waals surface area contributed by atoms with Crippen LogP contribution in [0.1, 0.15) is 70.9 Å². The van der Waals surface area contributed by atoms with Gasteiger partial charge in [-0.15, -0.1) is 11.3 Å². The molecule has 0 bridgehead atoms. The summed E-state index contributed by atoms with van der Waals surface area (Å²) in [4.78, 5) is 92.0. The number of amides is 7. The Morgan fingerprint density at radius 2 is 0.951 bits per heavy atom. The standard InChI is InChI=1S/C40H49BrN12O7S/c1-49(2)15-7-12-42-34(54)10-13-43-36(56)28-17-25(21-50(28)3)46-38(58)30-16-24(20-52(30)5)45-35(55)11-14-44-37(57)29-18-26(22-51(29)4)47-39(59)31-19-27(23-53(31)6)48-40(60)32-8-9-33(41)61-32/h8-9,16-23H,7,10-15H2,1-6H3,(H,42,54)(H,43,56)(H,44,57)(H,45,55)(H,46,58)(H,47,59)(H,48,60). The Bertz CT molecular complexity index is 2440. The number of halogens is 1. The van der Waals surface area contributed by atoms with E-state index in [2.05, 4.69) is 53.1 Å². The average Bonchev–Trinajstić information content (AvgIpc) is 4.02. The van der Waals surface area contributed by atoms with Crippen LogP contribution in [0.15, 0.2) is 65.0 Å². The fourth-order valence-electron chi connectivity index (χ4n) is 6.15. The fourth-order valence-corrected chi connectivity index (χ4v) is 7.43. The number of hydrogen-bond donors (Lipinski definition) is 7. The van der Waals surface area contributed by atoms with Gasteiger partial charge in [-0.25, -0.2) is 0 Å². The van der Waals surface area contributed by atoms with Crippen molar-refractivity contribution in [1.29, 1.82) is 0 Å². The minimum atomic E-state index is -0.475. The fraction of sp³-hybridized carbons (Fsp3) is 0.325. The van der Waals surface area contributed by atoms with Crippen LogP contribution in [0.3, 0.4) is 0 Å². The zero-order valence-corrected chi connectivity index (χ0v) is 37.0. The van der Waals surface area contributed by atoms with Gasteiger partial charge in [-0.05, 0) is 79.4 Å². The molecule has 0 aliphatic carbocycles. The van der Waals surface area contributed by atoms with Crippen LogP contribution in [0.4, 0.5) is 22.7 Å². The van der Waals surface area contributed by atoms with Crippen LogP contribution in [-0.4, -0.2) is 105 Å². The Labute approximate surface area is 364 Å². The Hall–Kier alpha value is -6.45. The Balaban J connectivity index is 1.05. The Kier molecular flexibility index (Phi) is 15.5. The van der Waals surface area contributed by atoms with E-state index in [1.165, 1.54) is 29.5 Å². The highest BCUT2D eigenvalue weighted by molar-refractivity contribution is 9.11. The van der Waals surface area contributed by atoms with Crippen molar-refractivity contribution in [1.82, 2.24) is 39.1 Å². The molecular formula is C40H49BrN12O7S. The van der Waals surface area contributed by atoms with Crippen molar-refractivity contribution >= 4 is 91.4 Å². The molecular weight excluding hydrogens is 872 g/mol. The van der Waals surface area contributed by atoms with Crippen LogP contribution in [0, 0.1) is 0 Å². The van der Waals surface area contributed by atoms with Gasteiger partial charge in [-0.1, -0.05) is 0 Å². The second-order valence-electron chi connectivity index (χ2n) is 14.4. The number of nitrogens with zero attached hydrogens (tertiary/aromatic N) is 5. The topological polar surface area (TPSA) is 227 Å². The number of nitrogens with one attached hydrogen (secondary N) is 7. The summed E-state index contributed by atoms with van der Waals surface area (Å²) in [5, 5.41) is 19.3. The number of rotatable bonds is 19. The molecule has 19 nitrogen and oxygen atoms in total. The maximum absolute atomic E-state index is 13.2. The lowest BCUT2D eigenvalue weighted by atomic mass is 10.3. The van der Waals surface area contributed by atoms with Crippen molar-refractivity contribution in [3.63, 3.8) is 0 Å².